The Morgan fingerprint density at radius 1 is 1.54 bits per heavy atom. The fourth-order valence-corrected chi connectivity index (χ4v) is 1.84. The minimum Gasteiger partial charge on any atom is -0.375 e. The lowest BCUT2D eigenvalue weighted by atomic mass is 9.98. The van der Waals surface area contributed by atoms with Gasteiger partial charge < -0.3 is 10.4 Å². The molecule has 0 radical (unpaired) electrons. The predicted molar refractivity (Wildman–Crippen MR) is 49.7 cm³/mol. The molecule has 68 valence electrons. The van der Waals surface area contributed by atoms with Crippen LogP contribution in [0.15, 0.2) is 18.2 Å². The Balaban J connectivity index is 2.70. The van der Waals surface area contributed by atoms with E-state index in [9.17, 15) is 9.90 Å². The van der Waals surface area contributed by atoms with Crippen LogP contribution in [-0.4, -0.2) is 11.0 Å². The summed E-state index contributed by atoms with van der Waals surface area (Å²) in [5, 5.41) is 12.8. The van der Waals surface area contributed by atoms with Crippen LogP contribution in [0.4, 0.5) is 5.69 Å². The molecule has 1 heterocycles. The number of anilines is 1. The summed E-state index contributed by atoms with van der Waals surface area (Å²) in [6, 6.07) is 5.08. The van der Waals surface area contributed by atoms with Crippen molar-refractivity contribution in [2.24, 2.45) is 0 Å². The zero-order chi connectivity index (χ0) is 9.64. The first-order valence-corrected chi connectivity index (χ1v) is 4.24. The number of hydrogen-bond acceptors (Lipinski definition) is 2. The fourth-order valence-electron chi connectivity index (χ4n) is 1.48. The first-order valence-electron chi connectivity index (χ1n) is 3.86. The number of halogens is 1. The van der Waals surface area contributed by atoms with Crippen LogP contribution in [0.1, 0.15) is 12.5 Å². The molecule has 13 heavy (non-hydrogen) atoms. The van der Waals surface area contributed by atoms with Crippen molar-refractivity contribution in [3.05, 3.63) is 28.8 Å². The van der Waals surface area contributed by atoms with Gasteiger partial charge in [-0.05, 0) is 19.1 Å². The molecule has 1 atom stereocenters. The first kappa shape index (κ1) is 8.53. The van der Waals surface area contributed by atoms with Crippen molar-refractivity contribution in [1.29, 1.82) is 0 Å². The number of rotatable bonds is 0. The molecular formula is C9H8ClNO2. The van der Waals surface area contributed by atoms with E-state index in [1.165, 1.54) is 6.92 Å². The molecule has 4 heteroatoms. The molecule has 0 saturated heterocycles. The summed E-state index contributed by atoms with van der Waals surface area (Å²) in [6.45, 7) is 1.43. The third-order valence-corrected chi connectivity index (χ3v) is 2.51. The third kappa shape index (κ3) is 1.04. The quantitative estimate of drug-likeness (QED) is 0.662. The molecule has 1 amide bonds. The average Bonchev–Trinajstić information content (AvgIpc) is 2.24. The number of carbonyl (C=O) groups excluding carboxylic acids is 1. The standard InChI is InChI=1S/C9H8ClNO2/c1-9(13)7-5(10)3-2-4-6(7)11-8(9)12/h2-4,13H,1H3,(H,11,12). The maximum Gasteiger partial charge on any atom is 0.260 e. The summed E-state index contributed by atoms with van der Waals surface area (Å²) in [6.07, 6.45) is 0. The van der Waals surface area contributed by atoms with Gasteiger partial charge in [0.05, 0.1) is 0 Å². The number of aliphatic hydroxyl groups is 1. The fraction of sp³-hybridized carbons (Fsp3) is 0.222. The predicted octanol–water partition coefficient (Wildman–Crippen LogP) is 1.50. The van der Waals surface area contributed by atoms with Gasteiger partial charge in [-0.15, -0.1) is 0 Å². The van der Waals surface area contributed by atoms with E-state index >= 15 is 0 Å². The van der Waals surface area contributed by atoms with Crippen molar-refractivity contribution in [3.8, 4) is 0 Å². The van der Waals surface area contributed by atoms with E-state index in [1.54, 1.807) is 18.2 Å². The highest BCUT2D eigenvalue weighted by molar-refractivity contribution is 6.33. The average molecular weight is 198 g/mol. The molecule has 1 aliphatic rings. The molecule has 1 unspecified atom stereocenters. The molecule has 1 aromatic carbocycles. The minimum absolute atomic E-state index is 0.404. The van der Waals surface area contributed by atoms with Gasteiger partial charge in [0, 0.05) is 16.3 Å². The molecule has 0 spiro atoms. The number of amides is 1. The van der Waals surface area contributed by atoms with E-state index in [0.717, 1.165) is 0 Å². The van der Waals surface area contributed by atoms with Crippen LogP contribution in [0.5, 0.6) is 0 Å². The second-order valence-electron chi connectivity index (χ2n) is 3.19. The Kier molecular flexibility index (Phi) is 1.62. The molecule has 0 saturated carbocycles. The highest BCUT2D eigenvalue weighted by atomic mass is 35.5. The van der Waals surface area contributed by atoms with Crippen LogP contribution in [0.2, 0.25) is 5.02 Å². The minimum atomic E-state index is -1.51. The van der Waals surface area contributed by atoms with Crippen molar-refractivity contribution in [2.75, 3.05) is 5.32 Å². The van der Waals surface area contributed by atoms with Gasteiger partial charge in [0.15, 0.2) is 5.60 Å². The Bertz CT molecular complexity index is 387. The van der Waals surface area contributed by atoms with Crippen molar-refractivity contribution in [2.45, 2.75) is 12.5 Å². The van der Waals surface area contributed by atoms with Gasteiger partial charge in [0.25, 0.3) is 5.91 Å². The van der Waals surface area contributed by atoms with Gasteiger partial charge >= 0.3 is 0 Å². The number of nitrogens with one attached hydrogen (secondary N) is 1. The van der Waals surface area contributed by atoms with E-state index in [2.05, 4.69) is 5.32 Å². The number of hydrogen-bond donors (Lipinski definition) is 2. The van der Waals surface area contributed by atoms with Gasteiger partial charge in [-0.25, -0.2) is 0 Å². The Morgan fingerprint density at radius 2 is 2.23 bits per heavy atom. The smallest absolute Gasteiger partial charge is 0.260 e. The van der Waals surface area contributed by atoms with Crippen LogP contribution >= 0.6 is 11.6 Å². The summed E-state index contributed by atoms with van der Waals surface area (Å²) >= 11 is 5.87. The van der Waals surface area contributed by atoms with Gasteiger partial charge in [0.1, 0.15) is 0 Å². The molecule has 1 aromatic rings. The molecule has 0 aliphatic carbocycles. The lowest BCUT2D eigenvalue weighted by molar-refractivity contribution is -0.131. The van der Waals surface area contributed by atoms with Gasteiger partial charge in [0.2, 0.25) is 0 Å². The summed E-state index contributed by atoms with van der Waals surface area (Å²) in [5.41, 5.74) is -0.461. The Hall–Kier alpha value is -1.06. The van der Waals surface area contributed by atoms with E-state index in [1.807, 2.05) is 0 Å². The molecule has 0 aromatic heterocycles. The third-order valence-electron chi connectivity index (χ3n) is 2.19. The SMILES string of the molecule is CC1(O)C(=O)Nc2cccc(Cl)c21. The second-order valence-corrected chi connectivity index (χ2v) is 3.60. The molecule has 3 nitrogen and oxygen atoms in total. The largest absolute Gasteiger partial charge is 0.375 e. The highest BCUT2D eigenvalue weighted by Crippen LogP contribution is 2.39. The van der Waals surface area contributed by atoms with Crippen molar-refractivity contribution in [1.82, 2.24) is 0 Å². The second kappa shape index (κ2) is 2.47. The summed E-state index contributed by atoms with van der Waals surface area (Å²) in [5.74, 6) is -0.435. The lowest BCUT2D eigenvalue weighted by Crippen LogP contribution is -2.30. The van der Waals surface area contributed by atoms with Crippen LogP contribution in [0.3, 0.4) is 0 Å². The summed E-state index contributed by atoms with van der Waals surface area (Å²) in [7, 11) is 0. The molecule has 0 bridgehead atoms. The van der Waals surface area contributed by atoms with Crippen LogP contribution in [0.25, 0.3) is 0 Å². The lowest BCUT2D eigenvalue weighted by Gasteiger charge is -2.14. The van der Waals surface area contributed by atoms with E-state index in [0.29, 0.717) is 16.3 Å². The van der Waals surface area contributed by atoms with Crippen molar-refractivity contribution in [3.63, 3.8) is 0 Å². The zero-order valence-electron chi connectivity index (χ0n) is 6.97. The molecule has 0 fully saturated rings. The van der Waals surface area contributed by atoms with E-state index in [4.69, 9.17) is 11.6 Å². The van der Waals surface area contributed by atoms with Crippen molar-refractivity contribution < 1.29 is 9.90 Å². The monoisotopic (exact) mass is 197 g/mol. The van der Waals surface area contributed by atoms with Gasteiger partial charge in [-0.2, -0.15) is 0 Å². The van der Waals surface area contributed by atoms with Crippen molar-refractivity contribution >= 4 is 23.2 Å². The Labute approximate surface area is 80.3 Å². The number of benzene rings is 1. The normalized spacial score (nSPS) is 25.6. The molecular weight excluding hydrogens is 190 g/mol. The van der Waals surface area contributed by atoms with Gasteiger partial charge in [-0.3, -0.25) is 4.79 Å². The van der Waals surface area contributed by atoms with E-state index in [-0.39, 0.29) is 0 Å². The maximum atomic E-state index is 11.3. The molecule has 2 rings (SSSR count). The summed E-state index contributed by atoms with van der Waals surface area (Å²) < 4.78 is 0. The number of fused-ring (bicyclic) bond motifs is 1. The first-order chi connectivity index (χ1) is 6.03. The zero-order valence-corrected chi connectivity index (χ0v) is 7.72. The van der Waals surface area contributed by atoms with Crippen LogP contribution in [0, 0.1) is 0 Å². The Morgan fingerprint density at radius 3 is 2.85 bits per heavy atom. The van der Waals surface area contributed by atoms with E-state index < -0.39 is 11.5 Å². The number of carbonyl (C=O) groups is 1. The topological polar surface area (TPSA) is 49.3 Å². The molecule has 2 N–H and O–H groups in total. The van der Waals surface area contributed by atoms with Crippen LogP contribution < -0.4 is 5.32 Å². The van der Waals surface area contributed by atoms with Crippen LogP contribution in [-0.2, 0) is 10.4 Å². The maximum absolute atomic E-state index is 11.3. The summed E-state index contributed by atoms with van der Waals surface area (Å²) in [4.78, 5) is 11.3. The van der Waals surface area contributed by atoms with Gasteiger partial charge in [-0.1, -0.05) is 17.7 Å². The molecule has 1 aliphatic heterocycles. The highest BCUT2D eigenvalue weighted by Gasteiger charge is 2.42.